The zero-order valence-corrected chi connectivity index (χ0v) is 14.1. The molecule has 0 aromatic carbocycles. The van der Waals surface area contributed by atoms with Gasteiger partial charge in [0.1, 0.15) is 5.82 Å². The summed E-state index contributed by atoms with van der Waals surface area (Å²) in [6, 6.07) is 3.68. The third-order valence-corrected chi connectivity index (χ3v) is 4.82. The second-order valence-electron chi connectivity index (χ2n) is 6.46. The summed E-state index contributed by atoms with van der Waals surface area (Å²) in [7, 11) is 0. The van der Waals surface area contributed by atoms with E-state index in [2.05, 4.69) is 25.0 Å². The van der Waals surface area contributed by atoms with Crippen LogP contribution in [0.15, 0.2) is 43.1 Å². The van der Waals surface area contributed by atoms with Gasteiger partial charge in [-0.1, -0.05) is 0 Å². The fraction of sp³-hybridized carbons (Fsp3) is 0.278. The average molecular weight is 347 g/mol. The van der Waals surface area contributed by atoms with Crippen molar-refractivity contribution in [1.82, 2.24) is 24.7 Å². The second-order valence-corrected chi connectivity index (χ2v) is 6.46. The van der Waals surface area contributed by atoms with Crippen LogP contribution in [-0.4, -0.2) is 43.7 Å². The molecule has 0 spiro atoms. The Morgan fingerprint density at radius 1 is 1.00 bits per heavy atom. The van der Waals surface area contributed by atoms with Crippen LogP contribution in [0.3, 0.4) is 0 Å². The van der Waals surface area contributed by atoms with E-state index in [4.69, 9.17) is 0 Å². The highest BCUT2D eigenvalue weighted by Crippen LogP contribution is 2.27. The minimum Gasteiger partial charge on any atom is -0.355 e. The van der Waals surface area contributed by atoms with E-state index in [9.17, 15) is 4.79 Å². The molecule has 26 heavy (non-hydrogen) atoms. The van der Waals surface area contributed by atoms with Gasteiger partial charge in [0.25, 0.3) is 5.91 Å². The quantitative estimate of drug-likeness (QED) is 0.719. The Balaban J connectivity index is 1.39. The SMILES string of the molecule is O=C1c2cn(-c3cnc(N4CCCC4)cn3)nc2CN1c1cccnc1. The first-order valence-corrected chi connectivity index (χ1v) is 8.67. The van der Waals surface area contributed by atoms with E-state index >= 15 is 0 Å². The van der Waals surface area contributed by atoms with E-state index in [-0.39, 0.29) is 5.91 Å². The van der Waals surface area contributed by atoms with Crippen molar-refractivity contribution in [2.75, 3.05) is 22.9 Å². The van der Waals surface area contributed by atoms with Crippen molar-refractivity contribution < 1.29 is 4.79 Å². The van der Waals surface area contributed by atoms with Gasteiger partial charge in [-0.25, -0.2) is 14.6 Å². The molecule has 2 aliphatic rings. The maximum atomic E-state index is 12.7. The number of pyridine rings is 1. The van der Waals surface area contributed by atoms with Crippen molar-refractivity contribution in [2.45, 2.75) is 19.4 Å². The molecule has 0 radical (unpaired) electrons. The molecule has 0 bridgehead atoms. The number of hydrogen-bond acceptors (Lipinski definition) is 6. The Kier molecular flexibility index (Phi) is 3.41. The van der Waals surface area contributed by atoms with Gasteiger partial charge in [0.2, 0.25) is 0 Å². The van der Waals surface area contributed by atoms with Crippen LogP contribution in [0.1, 0.15) is 28.9 Å². The summed E-state index contributed by atoms with van der Waals surface area (Å²) in [5.41, 5.74) is 2.11. The van der Waals surface area contributed by atoms with Gasteiger partial charge in [0, 0.05) is 25.5 Å². The van der Waals surface area contributed by atoms with Gasteiger partial charge in [-0.05, 0) is 25.0 Å². The molecule has 130 valence electrons. The molecule has 0 unspecified atom stereocenters. The van der Waals surface area contributed by atoms with Gasteiger partial charge in [-0.3, -0.25) is 9.78 Å². The van der Waals surface area contributed by atoms with Crippen molar-refractivity contribution in [2.24, 2.45) is 0 Å². The molecule has 1 fully saturated rings. The Morgan fingerprint density at radius 3 is 2.50 bits per heavy atom. The normalized spacial score (nSPS) is 16.4. The minimum absolute atomic E-state index is 0.0686. The molecule has 2 aliphatic heterocycles. The highest BCUT2D eigenvalue weighted by Gasteiger charge is 2.32. The number of carbonyl (C=O) groups is 1. The second kappa shape index (κ2) is 5.91. The smallest absolute Gasteiger partial charge is 0.262 e. The first kappa shape index (κ1) is 15.0. The lowest BCUT2D eigenvalue weighted by atomic mass is 10.3. The van der Waals surface area contributed by atoms with Crippen LogP contribution >= 0.6 is 0 Å². The maximum Gasteiger partial charge on any atom is 0.262 e. The number of aromatic nitrogens is 5. The van der Waals surface area contributed by atoms with E-state index < -0.39 is 0 Å². The van der Waals surface area contributed by atoms with Crippen molar-refractivity contribution in [3.8, 4) is 5.82 Å². The topological polar surface area (TPSA) is 80.0 Å². The first-order chi connectivity index (χ1) is 12.8. The number of fused-ring (bicyclic) bond motifs is 1. The van der Waals surface area contributed by atoms with E-state index in [1.54, 1.807) is 40.6 Å². The van der Waals surface area contributed by atoms with Crippen LogP contribution in [0.25, 0.3) is 5.82 Å². The summed E-state index contributed by atoms with van der Waals surface area (Å²) in [5.74, 6) is 1.44. The lowest BCUT2D eigenvalue weighted by Crippen LogP contribution is -2.24. The zero-order valence-electron chi connectivity index (χ0n) is 14.1. The summed E-state index contributed by atoms with van der Waals surface area (Å²) in [6.07, 6.45) is 11.0. The van der Waals surface area contributed by atoms with Crippen LogP contribution in [0.2, 0.25) is 0 Å². The monoisotopic (exact) mass is 347 g/mol. The zero-order chi connectivity index (χ0) is 17.5. The fourth-order valence-electron chi connectivity index (χ4n) is 3.45. The van der Waals surface area contributed by atoms with Crippen molar-refractivity contribution >= 4 is 17.4 Å². The predicted molar refractivity (Wildman–Crippen MR) is 95.4 cm³/mol. The molecular formula is C18H17N7O. The fourth-order valence-corrected chi connectivity index (χ4v) is 3.45. The standard InChI is InChI=1S/C18H17N7O/c26-18-14-11-25(17-10-20-16(9-21-17)23-6-1-2-7-23)22-15(14)12-24(18)13-4-3-5-19-8-13/h3-5,8-11H,1-2,6-7,12H2. The summed E-state index contributed by atoms with van der Waals surface area (Å²) < 4.78 is 1.63. The van der Waals surface area contributed by atoms with Gasteiger partial charge >= 0.3 is 0 Å². The molecule has 0 N–H and O–H groups in total. The van der Waals surface area contributed by atoms with Gasteiger partial charge < -0.3 is 9.80 Å². The van der Waals surface area contributed by atoms with E-state index in [0.29, 0.717) is 17.9 Å². The van der Waals surface area contributed by atoms with Crippen molar-refractivity contribution in [3.63, 3.8) is 0 Å². The van der Waals surface area contributed by atoms with Gasteiger partial charge in [-0.15, -0.1) is 0 Å². The highest BCUT2D eigenvalue weighted by atomic mass is 16.2. The lowest BCUT2D eigenvalue weighted by molar-refractivity contribution is 0.0996. The van der Waals surface area contributed by atoms with Crippen LogP contribution in [0.5, 0.6) is 0 Å². The largest absolute Gasteiger partial charge is 0.355 e. The molecule has 5 rings (SSSR count). The molecule has 0 saturated carbocycles. The predicted octanol–water partition coefficient (Wildman–Crippen LogP) is 1.82. The number of carbonyl (C=O) groups excluding carboxylic acids is 1. The summed E-state index contributed by atoms with van der Waals surface area (Å²) in [6.45, 7) is 2.50. The van der Waals surface area contributed by atoms with Gasteiger partial charge in [0.05, 0.1) is 42.1 Å². The number of amides is 1. The van der Waals surface area contributed by atoms with Crippen molar-refractivity contribution in [3.05, 3.63) is 54.4 Å². The number of rotatable bonds is 3. The molecule has 5 heterocycles. The number of anilines is 2. The third-order valence-electron chi connectivity index (χ3n) is 4.82. The van der Waals surface area contributed by atoms with Crippen LogP contribution in [0, 0.1) is 0 Å². The van der Waals surface area contributed by atoms with Crippen LogP contribution < -0.4 is 9.80 Å². The summed E-state index contributed by atoms with van der Waals surface area (Å²) in [5, 5.41) is 4.53. The summed E-state index contributed by atoms with van der Waals surface area (Å²) in [4.78, 5) is 29.6. The van der Waals surface area contributed by atoms with Crippen LogP contribution in [-0.2, 0) is 6.54 Å². The average Bonchev–Trinajstić information content (AvgIpc) is 3.41. The Labute approximate surface area is 150 Å². The molecule has 3 aromatic heterocycles. The third kappa shape index (κ3) is 2.42. The molecule has 0 atom stereocenters. The molecule has 8 heteroatoms. The molecular weight excluding hydrogens is 330 g/mol. The Morgan fingerprint density at radius 2 is 1.81 bits per heavy atom. The molecule has 8 nitrogen and oxygen atoms in total. The first-order valence-electron chi connectivity index (χ1n) is 8.67. The van der Waals surface area contributed by atoms with E-state index in [0.717, 1.165) is 30.3 Å². The number of nitrogens with zero attached hydrogens (tertiary/aromatic N) is 7. The Bertz CT molecular complexity index is 945. The molecule has 1 amide bonds. The van der Waals surface area contributed by atoms with Crippen molar-refractivity contribution in [1.29, 1.82) is 0 Å². The van der Waals surface area contributed by atoms with Gasteiger partial charge in [-0.2, -0.15) is 5.10 Å². The number of hydrogen-bond donors (Lipinski definition) is 0. The molecule has 1 saturated heterocycles. The maximum absolute atomic E-state index is 12.7. The van der Waals surface area contributed by atoms with Crippen LogP contribution in [0.4, 0.5) is 11.5 Å². The Hall–Kier alpha value is -3.29. The lowest BCUT2D eigenvalue weighted by Gasteiger charge is -2.16. The molecule has 0 aliphatic carbocycles. The molecule has 3 aromatic rings. The summed E-state index contributed by atoms with van der Waals surface area (Å²) >= 11 is 0. The minimum atomic E-state index is -0.0686. The highest BCUT2D eigenvalue weighted by molar-refractivity contribution is 6.09. The van der Waals surface area contributed by atoms with E-state index in [1.807, 2.05) is 12.1 Å². The van der Waals surface area contributed by atoms with E-state index in [1.165, 1.54) is 12.8 Å². The van der Waals surface area contributed by atoms with Gasteiger partial charge in [0.15, 0.2) is 5.82 Å².